The molecule has 0 spiro atoms. The van der Waals surface area contributed by atoms with Crippen molar-refractivity contribution >= 4 is 17.4 Å². The van der Waals surface area contributed by atoms with Crippen LogP contribution in [0.3, 0.4) is 0 Å². The Morgan fingerprint density at radius 2 is 2.07 bits per heavy atom. The number of carbonyl (C=O) groups is 1. The van der Waals surface area contributed by atoms with Crippen molar-refractivity contribution in [1.82, 2.24) is 0 Å². The number of rotatable bonds is 4. The molecule has 0 aliphatic carbocycles. The van der Waals surface area contributed by atoms with Gasteiger partial charge in [0.25, 0.3) is 0 Å². The molecule has 0 aliphatic rings. The zero-order valence-corrected chi connectivity index (χ0v) is 9.29. The van der Waals surface area contributed by atoms with Crippen molar-refractivity contribution < 1.29 is 4.79 Å². The molecule has 0 saturated heterocycles. The van der Waals surface area contributed by atoms with Crippen LogP contribution in [0.2, 0.25) is 0 Å². The number of nitrogens with zero attached hydrogens (tertiary/aromatic N) is 1. The van der Waals surface area contributed by atoms with Crippen molar-refractivity contribution in [3.05, 3.63) is 35.4 Å². The number of nitriles is 1. The number of benzene rings is 1. The maximum Gasteiger partial charge on any atom is 0.150 e. The van der Waals surface area contributed by atoms with Crippen molar-refractivity contribution in [3.63, 3.8) is 0 Å². The van der Waals surface area contributed by atoms with Gasteiger partial charge in [-0.05, 0) is 24.1 Å². The Morgan fingerprint density at radius 1 is 1.47 bits per heavy atom. The predicted molar refractivity (Wildman–Crippen MR) is 59.8 cm³/mol. The Balaban J connectivity index is 2.66. The monoisotopic (exact) mass is 221 g/mol. The highest BCUT2D eigenvalue weighted by molar-refractivity contribution is 6.31. The maximum absolute atomic E-state index is 11.3. The van der Waals surface area contributed by atoms with Crippen LogP contribution in [0.15, 0.2) is 24.3 Å². The van der Waals surface area contributed by atoms with Gasteiger partial charge in [0.05, 0.1) is 17.0 Å². The number of hydrogen-bond acceptors (Lipinski definition) is 2. The highest BCUT2D eigenvalue weighted by Gasteiger charge is 2.13. The third-order valence-corrected chi connectivity index (χ3v) is 2.59. The fourth-order valence-electron chi connectivity index (χ4n) is 1.26. The molecule has 1 aromatic rings. The van der Waals surface area contributed by atoms with E-state index in [0.717, 1.165) is 5.56 Å². The Hall–Kier alpha value is -1.33. The SMILES string of the molecule is CCC(=O)C(Cl)Cc1ccc(C#N)cc1. The largest absolute Gasteiger partial charge is 0.298 e. The molecule has 1 atom stereocenters. The van der Waals surface area contributed by atoms with Gasteiger partial charge in [-0.1, -0.05) is 19.1 Å². The molecular weight excluding hydrogens is 210 g/mol. The van der Waals surface area contributed by atoms with Crippen molar-refractivity contribution in [2.45, 2.75) is 25.1 Å². The molecule has 78 valence electrons. The number of ketones is 1. The summed E-state index contributed by atoms with van der Waals surface area (Å²) >= 11 is 5.93. The number of alkyl halides is 1. The van der Waals surface area contributed by atoms with Crippen molar-refractivity contribution in [3.8, 4) is 6.07 Å². The van der Waals surface area contributed by atoms with E-state index in [1.807, 2.05) is 18.2 Å². The van der Waals surface area contributed by atoms with Gasteiger partial charge in [0.2, 0.25) is 0 Å². The molecule has 1 aromatic carbocycles. The molecule has 2 nitrogen and oxygen atoms in total. The van der Waals surface area contributed by atoms with Gasteiger partial charge in [-0.3, -0.25) is 4.79 Å². The molecule has 0 aromatic heterocycles. The Bertz CT molecular complexity index is 378. The second-order valence-electron chi connectivity index (χ2n) is 3.30. The molecule has 0 heterocycles. The molecule has 15 heavy (non-hydrogen) atoms. The lowest BCUT2D eigenvalue weighted by molar-refractivity contribution is -0.118. The summed E-state index contributed by atoms with van der Waals surface area (Å²) in [6.45, 7) is 1.80. The third-order valence-electron chi connectivity index (χ3n) is 2.20. The standard InChI is InChI=1S/C12H12ClNO/c1-2-12(15)11(13)7-9-3-5-10(8-14)6-4-9/h3-6,11H,2,7H2,1H3. The van der Waals surface area contributed by atoms with E-state index >= 15 is 0 Å². The Kier molecular flexibility index (Phi) is 4.33. The molecule has 0 saturated carbocycles. The molecular formula is C12H12ClNO. The summed E-state index contributed by atoms with van der Waals surface area (Å²) < 4.78 is 0. The predicted octanol–water partition coefficient (Wildman–Crippen LogP) is 2.69. The van der Waals surface area contributed by atoms with E-state index in [9.17, 15) is 4.79 Å². The Labute approximate surface area is 94.5 Å². The van der Waals surface area contributed by atoms with Gasteiger partial charge in [-0.2, -0.15) is 5.26 Å². The Morgan fingerprint density at radius 3 is 2.53 bits per heavy atom. The first-order valence-corrected chi connectivity index (χ1v) is 5.26. The molecule has 0 amide bonds. The maximum atomic E-state index is 11.3. The van der Waals surface area contributed by atoms with Crippen LogP contribution < -0.4 is 0 Å². The summed E-state index contributed by atoms with van der Waals surface area (Å²) in [5, 5.41) is 8.15. The van der Waals surface area contributed by atoms with Gasteiger partial charge in [0.15, 0.2) is 5.78 Å². The van der Waals surface area contributed by atoms with E-state index in [2.05, 4.69) is 0 Å². The zero-order valence-electron chi connectivity index (χ0n) is 8.53. The van der Waals surface area contributed by atoms with Crippen LogP contribution in [0.5, 0.6) is 0 Å². The van der Waals surface area contributed by atoms with Crippen LogP contribution in [-0.2, 0) is 11.2 Å². The first-order valence-electron chi connectivity index (χ1n) is 4.83. The molecule has 0 fully saturated rings. The fourth-order valence-corrected chi connectivity index (χ4v) is 1.59. The second kappa shape index (κ2) is 5.53. The third kappa shape index (κ3) is 3.38. The second-order valence-corrected chi connectivity index (χ2v) is 3.83. The molecule has 0 radical (unpaired) electrons. The molecule has 3 heteroatoms. The molecule has 0 aliphatic heterocycles. The van der Waals surface area contributed by atoms with Gasteiger partial charge >= 0.3 is 0 Å². The van der Waals surface area contributed by atoms with Gasteiger partial charge in [0.1, 0.15) is 0 Å². The average Bonchev–Trinajstić information content (AvgIpc) is 2.29. The molecule has 0 bridgehead atoms. The number of hydrogen-bond donors (Lipinski definition) is 0. The summed E-state index contributed by atoms with van der Waals surface area (Å²) in [6, 6.07) is 9.16. The van der Waals surface area contributed by atoms with Crippen LogP contribution in [0, 0.1) is 11.3 Å². The van der Waals surface area contributed by atoms with Crippen LogP contribution in [-0.4, -0.2) is 11.2 Å². The average molecular weight is 222 g/mol. The summed E-state index contributed by atoms with van der Waals surface area (Å²) in [7, 11) is 0. The van der Waals surface area contributed by atoms with Crippen LogP contribution in [0.4, 0.5) is 0 Å². The van der Waals surface area contributed by atoms with Gasteiger partial charge in [-0.15, -0.1) is 11.6 Å². The van der Waals surface area contributed by atoms with E-state index in [4.69, 9.17) is 16.9 Å². The van der Waals surface area contributed by atoms with Crippen molar-refractivity contribution in [2.75, 3.05) is 0 Å². The van der Waals surface area contributed by atoms with E-state index in [1.165, 1.54) is 0 Å². The topological polar surface area (TPSA) is 40.9 Å². The summed E-state index contributed by atoms with van der Waals surface area (Å²) in [6.07, 6.45) is 0.990. The van der Waals surface area contributed by atoms with Crippen LogP contribution >= 0.6 is 11.6 Å². The number of Topliss-reactive ketones (excluding diaryl/α,β-unsaturated/α-hetero) is 1. The lowest BCUT2D eigenvalue weighted by atomic mass is 10.0. The lowest BCUT2D eigenvalue weighted by Crippen LogP contribution is -2.15. The summed E-state index contributed by atoms with van der Waals surface area (Å²) in [5.41, 5.74) is 1.60. The summed E-state index contributed by atoms with van der Waals surface area (Å²) in [5.74, 6) is 0.0565. The minimum Gasteiger partial charge on any atom is -0.298 e. The highest BCUT2D eigenvalue weighted by atomic mass is 35.5. The van der Waals surface area contributed by atoms with Gasteiger partial charge in [-0.25, -0.2) is 0 Å². The lowest BCUT2D eigenvalue weighted by Gasteiger charge is -2.06. The van der Waals surface area contributed by atoms with E-state index < -0.39 is 5.38 Å². The first-order chi connectivity index (χ1) is 7.17. The highest BCUT2D eigenvalue weighted by Crippen LogP contribution is 2.11. The van der Waals surface area contributed by atoms with Crippen LogP contribution in [0.25, 0.3) is 0 Å². The smallest absolute Gasteiger partial charge is 0.150 e. The minimum absolute atomic E-state index is 0.0565. The molecule has 1 unspecified atom stereocenters. The number of halogens is 1. The molecule has 1 rings (SSSR count). The fraction of sp³-hybridized carbons (Fsp3) is 0.333. The normalized spacial score (nSPS) is 11.8. The molecule has 0 N–H and O–H groups in total. The van der Waals surface area contributed by atoms with Gasteiger partial charge < -0.3 is 0 Å². The van der Waals surface area contributed by atoms with E-state index in [1.54, 1.807) is 19.1 Å². The van der Waals surface area contributed by atoms with Crippen molar-refractivity contribution in [2.24, 2.45) is 0 Å². The number of carbonyl (C=O) groups excluding carboxylic acids is 1. The van der Waals surface area contributed by atoms with Crippen molar-refractivity contribution in [1.29, 1.82) is 5.26 Å². The zero-order chi connectivity index (χ0) is 11.3. The first kappa shape index (κ1) is 11.7. The van der Waals surface area contributed by atoms with Gasteiger partial charge in [0, 0.05) is 6.42 Å². The van der Waals surface area contributed by atoms with E-state index in [0.29, 0.717) is 18.4 Å². The van der Waals surface area contributed by atoms with Crippen LogP contribution in [0.1, 0.15) is 24.5 Å². The van der Waals surface area contributed by atoms with E-state index in [-0.39, 0.29) is 5.78 Å². The summed E-state index contributed by atoms with van der Waals surface area (Å²) in [4.78, 5) is 11.3. The minimum atomic E-state index is -0.456. The quantitative estimate of drug-likeness (QED) is 0.734.